The third-order valence-corrected chi connectivity index (χ3v) is 4.26. The van der Waals surface area contributed by atoms with Crippen LogP contribution in [0.4, 0.5) is 10.6 Å². The lowest BCUT2D eigenvalue weighted by atomic mass is 10.1. The first-order valence-corrected chi connectivity index (χ1v) is 7.88. The van der Waals surface area contributed by atoms with E-state index in [1.807, 2.05) is 30.3 Å². The zero-order chi connectivity index (χ0) is 14.5. The number of anilines is 1. The topological polar surface area (TPSA) is 63.2 Å². The molecule has 1 saturated heterocycles. The van der Waals surface area contributed by atoms with Gasteiger partial charge in [0.25, 0.3) is 0 Å². The Hall–Kier alpha value is -1.92. The second-order valence-electron chi connectivity index (χ2n) is 4.88. The Morgan fingerprint density at radius 3 is 2.81 bits per heavy atom. The molecule has 1 aliphatic heterocycles. The summed E-state index contributed by atoms with van der Waals surface area (Å²) < 4.78 is 5.43. The second-order valence-corrected chi connectivity index (χ2v) is 5.73. The fourth-order valence-corrected chi connectivity index (χ4v) is 3.07. The first-order valence-electron chi connectivity index (χ1n) is 7.00. The predicted octanol–water partition coefficient (Wildman–Crippen LogP) is 3.11. The number of rotatable bonds is 3. The van der Waals surface area contributed by atoms with E-state index in [0.29, 0.717) is 5.82 Å². The van der Waals surface area contributed by atoms with Gasteiger partial charge in [0, 0.05) is 0 Å². The van der Waals surface area contributed by atoms with E-state index in [1.54, 1.807) is 5.51 Å². The molecular formula is C15H17N3O2S. The van der Waals surface area contributed by atoms with Crippen molar-refractivity contribution in [2.24, 2.45) is 0 Å². The highest BCUT2D eigenvalue weighted by Gasteiger charge is 2.19. The van der Waals surface area contributed by atoms with Gasteiger partial charge in [0.2, 0.25) is 0 Å². The van der Waals surface area contributed by atoms with Gasteiger partial charge in [0.15, 0.2) is 5.82 Å². The smallest absolute Gasteiger partial charge is 0.413 e. The van der Waals surface area contributed by atoms with Gasteiger partial charge in [0.05, 0.1) is 10.4 Å². The quantitative estimate of drug-likeness (QED) is 0.914. The standard InChI is InChI=1S/C15H17N3O2S/c19-15(20-12-6-8-16-9-7-12)18-14-13(21-10-17-14)11-4-2-1-3-5-11/h1-5,10,12,16H,6-9H2,(H,18,19). The Morgan fingerprint density at radius 1 is 1.29 bits per heavy atom. The monoisotopic (exact) mass is 303 g/mol. The number of benzene rings is 1. The van der Waals surface area contributed by atoms with Gasteiger partial charge in [-0.1, -0.05) is 30.3 Å². The van der Waals surface area contributed by atoms with Crippen LogP contribution in [-0.2, 0) is 4.74 Å². The molecule has 1 fully saturated rings. The Bertz CT molecular complexity index is 594. The van der Waals surface area contributed by atoms with E-state index in [4.69, 9.17) is 4.74 Å². The van der Waals surface area contributed by atoms with Crippen LogP contribution in [0.25, 0.3) is 10.4 Å². The van der Waals surface area contributed by atoms with Crippen molar-refractivity contribution in [1.29, 1.82) is 0 Å². The highest BCUT2D eigenvalue weighted by Crippen LogP contribution is 2.31. The summed E-state index contributed by atoms with van der Waals surface area (Å²) in [5, 5.41) is 6.00. The van der Waals surface area contributed by atoms with Crippen LogP contribution in [0, 0.1) is 0 Å². The summed E-state index contributed by atoms with van der Waals surface area (Å²) in [7, 11) is 0. The minimum absolute atomic E-state index is 0.00920. The highest BCUT2D eigenvalue weighted by atomic mass is 32.1. The first-order chi connectivity index (χ1) is 10.3. The van der Waals surface area contributed by atoms with Crippen molar-refractivity contribution in [2.45, 2.75) is 18.9 Å². The number of amides is 1. The van der Waals surface area contributed by atoms with E-state index in [0.717, 1.165) is 36.4 Å². The largest absolute Gasteiger partial charge is 0.446 e. The molecule has 6 heteroatoms. The van der Waals surface area contributed by atoms with Crippen LogP contribution in [0.15, 0.2) is 35.8 Å². The maximum atomic E-state index is 12.0. The molecular weight excluding hydrogens is 286 g/mol. The minimum atomic E-state index is -0.426. The van der Waals surface area contributed by atoms with Crippen LogP contribution >= 0.6 is 11.3 Å². The summed E-state index contributed by atoms with van der Waals surface area (Å²) in [6, 6.07) is 9.88. The summed E-state index contributed by atoms with van der Waals surface area (Å²) in [5.74, 6) is 0.560. The summed E-state index contributed by atoms with van der Waals surface area (Å²) in [6.45, 7) is 1.79. The molecule has 1 aromatic carbocycles. The molecule has 2 aromatic rings. The molecule has 1 amide bonds. The lowest BCUT2D eigenvalue weighted by Gasteiger charge is -2.22. The predicted molar refractivity (Wildman–Crippen MR) is 83.5 cm³/mol. The summed E-state index contributed by atoms with van der Waals surface area (Å²) >= 11 is 1.50. The molecule has 0 radical (unpaired) electrons. The number of thiazole rings is 1. The van der Waals surface area contributed by atoms with E-state index in [-0.39, 0.29) is 6.10 Å². The molecule has 0 saturated carbocycles. The molecule has 1 aliphatic rings. The number of carbonyl (C=O) groups is 1. The summed E-state index contributed by atoms with van der Waals surface area (Å²) in [5.41, 5.74) is 2.76. The molecule has 3 rings (SSSR count). The number of carbonyl (C=O) groups excluding carboxylic acids is 1. The molecule has 5 nitrogen and oxygen atoms in total. The number of ether oxygens (including phenoxy) is 1. The molecule has 21 heavy (non-hydrogen) atoms. The Labute approximate surface area is 127 Å². The van der Waals surface area contributed by atoms with Crippen molar-refractivity contribution in [3.8, 4) is 10.4 Å². The molecule has 2 heterocycles. The van der Waals surface area contributed by atoms with Gasteiger partial charge in [-0.25, -0.2) is 9.78 Å². The van der Waals surface area contributed by atoms with Crippen LogP contribution in [-0.4, -0.2) is 30.3 Å². The lowest BCUT2D eigenvalue weighted by molar-refractivity contribution is 0.0908. The van der Waals surface area contributed by atoms with Gasteiger partial charge in [-0.3, -0.25) is 5.32 Å². The van der Waals surface area contributed by atoms with Gasteiger partial charge in [-0.15, -0.1) is 11.3 Å². The van der Waals surface area contributed by atoms with Gasteiger partial charge < -0.3 is 10.1 Å². The van der Waals surface area contributed by atoms with E-state index < -0.39 is 6.09 Å². The van der Waals surface area contributed by atoms with E-state index in [2.05, 4.69) is 15.6 Å². The Morgan fingerprint density at radius 2 is 2.05 bits per heavy atom. The number of hydrogen-bond donors (Lipinski definition) is 2. The molecule has 0 spiro atoms. The fourth-order valence-electron chi connectivity index (χ4n) is 2.32. The molecule has 0 unspecified atom stereocenters. The average molecular weight is 303 g/mol. The molecule has 0 aliphatic carbocycles. The van der Waals surface area contributed by atoms with Gasteiger partial charge in [0.1, 0.15) is 6.10 Å². The van der Waals surface area contributed by atoms with Crippen molar-refractivity contribution >= 4 is 23.2 Å². The third-order valence-electron chi connectivity index (χ3n) is 3.38. The first kappa shape index (κ1) is 14.0. The van der Waals surface area contributed by atoms with E-state index >= 15 is 0 Å². The fraction of sp³-hybridized carbons (Fsp3) is 0.333. The number of piperidine rings is 1. The molecule has 110 valence electrons. The van der Waals surface area contributed by atoms with Gasteiger partial charge in [-0.2, -0.15) is 0 Å². The van der Waals surface area contributed by atoms with Crippen molar-refractivity contribution in [2.75, 3.05) is 18.4 Å². The SMILES string of the molecule is O=C(Nc1ncsc1-c1ccccc1)OC1CCNCC1. The second kappa shape index (κ2) is 6.69. The normalized spacial score (nSPS) is 15.6. The summed E-state index contributed by atoms with van der Waals surface area (Å²) in [4.78, 5) is 17.1. The van der Waals surface area contributed by atoms with Crippen LogP contribution in [0.3, 0.4) is 0 Å². The van der Waals surface area contributed by atoms with Crippen LogP contribution < -0.4 is 10.6 Å². The van der Waals surface area contributed by atoms with Crippen LogP contribution in [0.1, 0.15) is 12.8 Å². The maximum absolute atomic E-state index is 12.0. The zero-order valence-electron chi connectivity index (χ0n) is 11.5. The number of nitrogens with zero attached hydrogens (tertiary/aromatic N) is 1. The van der Waals surface area contributed by atoms with Crippen molar-refractivity contribution in [1.82, 2.24) is 10.3 Å². The maximum Gasteiger partial charge on any atom is 0.413 e. The van der Waals surface area contributed by atoms with Crippen molar-refractivity contribution < 1.29 is 9.53 Å². The molecule has 1 aromatic heterocycles. The van der Waals surface area contributed by atoms with Gasteiger partial charge in [-0.05, 0) is 31.5 Å². The Balaban J connectivity index is 1.65. The highest BCUT2D eigenvalue weighted by molar-refractivity contribution is 7.13. The van der Waals surface area contributed by atoms with Crippen molar-refractivity contribution in [3.05, 3.63) is 35.8 Å². The van der Waals surface area contributed by atoms with Crippen molar-refractivity contribution in [3.63, 3.8) is 0 Å². The molecule has 2 N–H and O–H groups in total. The molecule has 0 atom stereocenters. The third kappa shape index (κ3) is 3.59. The number of aromatic nitrogens is 1. The Kier molecular flexibility index (Phi) is 4.47. The lowest BCUT2D eigenvalue weighted by Crippen LogP contribution is -2.34. The molecule has 0 bridgehead atoms. The minimum Gasteiger partial charge on any atom is -0.446 e. The zero-order valence-corrected chi connectivity index (χ0v) is 12.4. The average Bonchev–Trinajstić information content (AvgIpc) is 2.97. The van der Waals surface area contributed by atoms with E-state index in [1.165, 1.54) is 11.3 Å². The van der Waals surface area contributed by atoms with Crippen LogP contribution in [0.2, 0.25) is 0 Å². The van der Waals surface area contributed by atoms with Crippen LogP contribution in [0.5, 0.6) is 0 Å². The summed E-state index contributed by atoms with van der Waals surface area (Å²) in [6.07, 6.45) is 1.28. The van der Waals surface area contributed by atoms with E-state index in [9.17, 15) is 4.79 Å². The number of hydrogen-bond acceptors (Lipinski definition) is 5. The van der Waals surface area contributed by atoms with Gasteiger partial charge >= 0.3 is 6.09 Å². The number of nitrogens with one attached hydrogen (secondary N) is 2.